The molecule has 0 unspecified atom stereocenters. The van der Waals surface area contributed by atoms with E-state index in [9.17, 15) is 22.8 Å². The number of anilines is 1. The summed E-state index contributed by atoms with van der Waals surface area (Å²) >= 11 is 5.83. The molecule has 0 spiro atoms. The molecular weight excluding hydrogens is 359 g/mol. The molecule has 0 saturated heterocycles. The van der Waals surface area contributed by atoms with Gasteiger partial charge in [0.2, 0.25) is 0 Å². The van der Waals surface area contributed by atoms with Crippen molar-refractivity contribution >= 4 is 34.2 Å². The van der Waals surface area contributed by atoms with Crippen LogP contribution in [-0.2, 0) is 6.18 Å². The summed E-state index contributed by atoms with van der Waals surface area (Å²) in [4.78, 5) is 24.2. The lowest BCUT2D eigenvalue weighted by molar-refractivity contribution is -0.137. The summed E-state index contributed by atoms with van der Waals surface area (Å²) in [6.45, 7) is 0. The molecule has 0 aliphatic carbocycles. The zero-order chi connectivity index (χ0) is 18.2. The Balaban J connectivity index is 1.98. The lowest BCUT2D eigenvalue weighted by atomic mass is 10.1. The van der Waals surface area contributed by atoms with Gasteiger partial charge in [0.25, 0.3) is 5.91 Å². The van der Waals surface area contributed by atoms with Crippen LogP contribution < -0.4 is 10.9 Å². The molecule has 1 N–H and O–H groups in total. The standard InChI is InChI=1S/C17H9ClF3NO3/c18-12-6-5-10(17(19,20)21)8-13(12)22-15(23)11-7-9-3-1-2-4-14(9)25-16(11)24/h1-8H,(H,22,23). The van der Waals surface area contributed by atoms with Gasteiger partial charge in [-0.3, -0.25) is 4.79 Å². The Labute approximate surface area is 143 Å². The summed E-state index contributed by atoms with van der Waals surface area (Å²) < 4.78 is 43.4. The van der Waals surface area contributed by atoms with E-state index in [1.54, 1.807) is 24.3 Å². The van der Waals surface area contributed by atoms with Crippen molar-refractivity contribution in [2.24, 2.45) is 0 Å². The lowest BCUT2D eigenvalue weighted by Gasteiger charge is -2.11. The molecule has 0 atom stereocenters. The van der Waals surface area contributed by atoms with Crippen LogP contribution in [0.5, 0.6) is 0 Å². The highest BCUT2D eigenvalue weighted by molar-refractivity contribution is 6.34. The summed E-state index contributed by atoms with van der Waals surface area (Å²) in [5, 5.41) is 2.62. The van der Waals surface area contributed by atoms with Gasteiger partial charge in [-0.25, -0.2) is 4.79 Å². The molecule has 1 heterocycles. The molecule has 1 amide bonds. The van der Waals surface area contributed by atoms with Gasteiger partial charge >= 0.3 is 11.8 Å². The first-order valence-electron chi connectivity index (χ1n) is 6.97. The van der Waals surface area contributed by atoms with Crippen LogP contribution in [0.2, 0.25) is 5.02 Å². The van der Waals surface area contributed by atoms with E-state index in [1.807, 2.05) is 0 Å². The number of fused-ring (bicyclic) bond motifs is 1. The van der Waals surface area contributed by atoms with E-state index in [0.29, 0.717) is 17.0 Å². The topological polar surface area (TPSA) is 59.3 Å². The first-order chi connectivity index (χ1) is 11.8. The van der Waals surface area contributed by atoms with Crippen molar-refractivity contribution in [3.8, 4) is 0 Å². The SMILES string of the molecule is O=C(Nc1cc(C(F)(F)F)ccc1Cl)c1cc2ccccc2oc1=O. The summed E-state index contributed by atoms with van der Waals surface area (Å²) in [5.41, 5.74) is -2.18. The summed E-state index contributed by atoms with van der Waals surface area (Å²) in [7, 11) is 0. The zero-order valence-electron chi connectivity index (χ0n) is 12.4. The van der Waals surface area contributed by atoms with Crippen LogP contribution in [0.4, 0.5) is 18.9 Å². The van der Waals surface area contributed by atoms with Crippen molar-refractivity contribution in [1.29, 1.82) is 0 Å². The van der Waals surface area contributed by atoms with Crippen molar-refractivity contribution in [2.45, 2.75) is 6.18 Å². The fraction of sp³-hybridized carbons (Fsp3) is 0.0588. The van der Waals surface area contributed by atoms with Gasteiger partial charge in [0.15, 0.2) is 0 Å². The maximum Gasteiger partial charge on any atom is 0.416 e. The first kappa shape index (κ1) is 17.0. The number of para-hydroxylation sites is 1. The molecule has 4 nitrogen and oxygen atoms in total. The largest absolute Gasteiger partial charge is 0.422 e. The fourth-order valence-electron chi connectivity index (χ4n) is 2.21. The Kier molecular flexibility index (Phi) is 4.26. The molecule has 128 valence electrons. The van der Waals surface area contributed by atoms with Gasteiger partial charge in [-0.1, -0.05) is 29.8 Å². The van der Waals surface area contributed by atoms with Gasteiger partial charge < -0.3 is 9.73 Å². The van der Waals surface area contributed by atoms with Crippen LogP contribution >= 0.6 is 11.6 Å². The third kappa shape index (κ3) is 3.51. The molecule has 0 bridgehead atoms. The maximum absolute atomic E-state index is 12.8. The molecule has 3 aromatic rings. The third-order valence-corrected chi connectivity index (χ3v) is 3.76. The Hall–Kier alpha value is -2.80. The molecule has 3 rings (SSSR count). The van der Waals surface area contributed by atoms with E-state index in [0.717, 1.165) is 12.1 Å². The monoisotopic (exact) mass is 367 g/mol. The first-order valence-corrected chi connectivity index (χ1v) is 7.34. The number of carbonyl (C=O) groups excluding carboxylic acids is 1. The second-order valence-electron chi connectivity index (χ2n) is 5.13. The second kappa shape index (κ2) is 6.25. The van der Waals surface area contributed by atoms with Crippen molar-refractivity contribution in [2.75, 3.05) is 5.32 Å². The number of rotatable bonds is 2. The van der Waals surface area contributed by atoms with Crippen molar-refractivity contribution in [3.63, 3.8) is 0 Å². The van der Waals surface area contributed by atoms with Gasteiger partial charge in [-0.15, -0.1) is 0 Å². The molecule has 0 aliphatic rings. The minimum atomic E-state index is -4.59. The number of amides is 1. The molecule has 2 aromatic carbocycles. The van der Waals surface area contributed by atoms with Crippen LogP contribution in [0.15, 0.2) is 57.7 Å². The highest BCUT2D eigenvalue weighted by Gasteiger charge is 2.31. The van der Waals surface area contributed by atoms with E-state index in [2.05, 4.69) is 5.32 Å². The number of carbonyl (C=O) groups is 1. The average Bonchev–Trinajstić information content (AvgIpc) is 2.55. The molecule has 0 radical (unpaired) electrons. The summed E-state index contributed by atoms with van der Waals surface area (Å²) in [6, 6.07) is 10.3. The van der Waals surface area contributed by atoms with Gasteiger partial charge in [-0.2, -0.15) is 13.2 Å². The number of hydrogen-bond donors (Lipinski definition) is 1. The summed E-state index contributed by atoms with van der Waals surface area (Å²) in [5.74, 6) is -0.916. The van der Waals surface area contributed by atoms with Crippen LogP contribution in [0.1, 0.15) is 15.9 Å². The van der Waals surface area contributed by atoms with Crippen molar-refractivity contribution in [3.05, 3.63) is 75.1 Å². The van der Waals surface area contributed by atoms with E-state index in [1.165, 1.54) is 6.07 Å². The molecule has 25 heavy (non-hydrogen) atoms. The van der Waals surface area contributed by atoms with E-state index < -0.39 is 23.3 Å². The van der Waals surface area contributed by atoms with Gasteiger partial charge in [0.1, 0.15) is 11.1 Å². The number of alkyl halides is 3. The van der Waals surface area contributed by atoms with Crippen molar-refractivity contribution < 1.29 is 22.4 Å². The minimum Gasteiger partial charge on any atom is -0.422 e. The Morgan fingerprint density at radius 1 is 1.08 bits per heavy atom. The van der Waals surface area contributed by atoms with Crippen molar-refractivity contribution in [1.82, 2.24) is 0 Å². The van der Waals surface area contributed by atoms with Crippen LogP contribution in [-0.4, -0.2) is 5.91 Å². The minimum absolute atomic E-state index is 0.0912. The van der Waals surface area contributed by atoms with Gasteiger partial charge in [0, 0.05) is 5.39 Å². The Bertz CT molecular complexity index is 1030. The average molecular weight is 368 g/mol. The number of nitrogens with one attached hydrogen (secondary N) is 1. The molecular formula is C17H9ClF3NO3. The number of hydrogen-bond acceptors (Lipinski definition) is 3. The predicted octanol–water partition coefficient (Wildman–Crippen LogP) is 4.72. The van der Waals surface area contributed by atoms with E-state index in [4.69, 9.17) is 16.0 Å². The predicted molar refractivity (Wildman–Crippen MR) is 86.9 cm³/mol. The van der Waals surface area contributed by atoms with E-state index in [-0.39, 0.29) is 16.3 Å². The second-order valence-corrected chi connectivity index (χ2v) is 5.54. The van der Waals surface area contributed by atoms with Gasteiger partial charge in [0.05, 0.1) is 16.3 Å². The third-order valence-electron chi connectivity index (χ3n) is 3.43. The van der Waals surface area contributed by atoms with Crippen LogP contribution in [0, 0.1) is 0 Å². The Morgan fingerprint density at radius 3 is 2.52 bits per heavy atom. The van der Waals surface area contributed by atoms with Crippen LogP contribution in [0.3, 0.4) is 0 Å². The lowest BCUT2D eigenvalue weighted by Crippen LogP contribution is -2.21. The number of benzene rings is 2. The Morgan fingerprint density at radius 2 is 1.80 bits per heavy atom. The number of halogens is 4. The molecule has 0 aliphatic heterocycles. The molecule has 8 heteroatoms. The molecule has 1 aromatic heterocycles. The van der Waals surface area contributed by atoms with Gasteiger partial charge in [-0.05, 0) is 30.3 Å². The highest BCUT2D eigenvalue weighted by atomic mass is 35.5. The maximum atomic E-state index is 12.8. The normalized spacial score (nSPS) is 11.5. The fourth-order valence-corrected chi connectivity index (χ4v) is 2.37. The summed E-state index contributed by atoms with van der Waals surface area (Å²) in [6.07, 6.45) is -4.59. The quantitative estimate of drug-likeness (QED) is 0.667. The van der Waals surface area contributed by atoms with E-state index >= 15 is 0 Å². The molecule has 0 saturated carbocycles. The van der Waals surface area contributed by atoms with Crippen LogP contribution in [0.25, 0.3) is 11.0 Å². The molecule has 0 fully saturated rings. The smallest absolute Gasteiger partial charge is 0.416 e. The zero-order valence-corrected chi connectivity index (χ0v) is 13.1. The highest BCUT2D eigenvalue weighted by Crippen LogP contribution is 2.34.